The zero-order valence-corrected chi connectivity index (χ0v) is 46.4. The lowest BCUT2D eigenvalue weighted by molar-refractivity contribution is -0.109. The third kappa shape index (κ3) is 46.4. The van der Waals surface area contributed by atoms with Crippen LogP contribution in [0.4, 0.5) is 0 Å². The normalized spacial score (nSPS) is 14.0. The molecular formula is C57H112N2O6S2. The average Bonchev–Trinajstić information content (AvgIpc) is 3.29. The molecule has 4 unspecified atom stereocenters. The SMILES string of the molecule is CCCCCCCCCCC(O)CN(CCSC(=O)/C=C(\C)C(=O)SCCN(CC(O)CCCCCCCCCC)CC(O)CCCCCCCCCC)CC(O)CCCCCCCCCC. The number of hydrogen-bond donors (Lipinski definition) is 4. The van der Waals surface area contributed by atoms with Gasteiger partial charge in [0.2, 0.25) is 10.2 Å². The number of carbonyl (C=O) groups excluding carboxylic acids is 2. The first-order valence-corrected chi connectivity index (χ1v) is 30.7. The molecule has 0 aliphatic rings. The highest BCUT2D eigenvalue weighted by Crippen LogP contribution is 2.19. The zero-order chi connectivity index (χ0) is 49.4. The molecule has 0 spiro atoms. The Morgan fingerprint density at radius 3 is 0.896 bits per heavy atom. The molecule has 0 heterocycles. The van der Waals surface area contributed by atoms with Gasteiger partial charge in [0, 0.05) is 56.3 Å². The van der Waals surface area contributed by atoms with Crippen LogP contribution >= 0.6 is 23.5 Å². The van der Waals surface area contributed by atoms with Gasteiger partial charge < -0.3 is 20.4 Å². The predicted octanol–water partition coefficient (Wildman–Crippen LogP) is 14.6. The number of nitrogens with zero attached hydrogens (tertiary/aromatic N) is 2. The summed E-state index contributed by atoms with van der Waals surface area (Å²) >= 11 is 2.40. The van der Waals surface area contributed by atoms with Gasteiger partial charge in [0.05, 0.1) is 24.4 Å². The first-order chi connectivity index (χ1) is 32.6. The Morgan fingerprint density at radius 2 is 0.627 bits per heavy atom. The molecule has 67 heavy (non-hydrogen) atoms. The molecular weight excluding hydrogens is 873 g/mol. The van der Waals surface area contributed by atoms with Crippen molar-refractivity contribution in [3.8, 4) is 0 Å². The van der Waals surface area contributed by atoms with Gasteiger partial charge in [-0.25, -0.2) is 0 Å². The molecule has 0 radical (unpaired) electrons. The van der Waals surface area contributed by atoms with Gasteiger partial charge in [-0.15, -0.1) is 0 Å². The van der Waals surface area contributed by atoms with Crippen LogP contribution in [-0.2, 0) is 9.59 Å². The average molecular weight is 986 g/mol. The Hall–Kier alpha value is -0.460. The van der Waals surface area contributed by atoms with Crippen molar-refractivity contribution in [1.82, 2.24) is 9.80 Å². The van der Waals surface area contributed by atoms with Crippen LogP contribution in [0.1, 0.15) is 266 Å². The third-order valence-electron chi connectivity index (χ3n) is 13.4. The minimum absolute atomic E-state index is 0.123. The quantitative estimate of drug-likeness (QED) is 0.0346. The van der Waals surface area contributed by atoms with Crippen molar-refractivity contribution in [2.75, 3.05) is 50.8 Å². The molecule has 0 aromatic carbocycles. The summed E-state index contributed by atoms with van der Waals surface area (Å²) in [7, 11) is 0. The first-order valence-electron chi connectivity index (χ1n) is 28.7. The van der Waals surface area contributed by atoms with E-state index in [9.17, 15) is 30.0 Å². The van der Waals surface area contributed by atoms with Gasteiger partial charge in [0.25, 0.3) is 0 Å². The van der Waals surface area contributed by atoms with E-state index in [1.54, 1.807) is 6.92 Å². The monoisotopic (exact) mass is 985 g/mol. The van der Waals surface area contributed by atoms with Gasteiger partial charge >= 0.3 is 0 Å². The number of thioether (sulfide) groups is 2. The molecule has 0 saturated carbocycles. The second kappa shape index (κ2) is 50.5. The van der Waals surface area contributed by atoms with Gasteiger partial charge in [-0.2, -0.15) is 0 Å². The molecule has 4 N–H and O–H groups in total. The summed E-state index contributed by atoms with van der Waals surface area (Å²) in [6, 6.07) is 0. The second-order valence-corrected chi connectivity index (χ2v) is 22.5. The molecule has 10 heteroatoms. The number of rotatable bonds is 52. The van der Waals surface area contributed by atoms with E-state index in [0.717, 1.165) is 77.0 Å². The van der Waals surface area contributed by atoms with E-state index in [4.69, 9.17) is 0 Å². The Balaban J connectivity index is 5.13. The molecule has 0 aromatic rings. The van der Waals surface area contributed by atoms with E-state index in [1.165, 1.54) is 184 Å². The molecule has 0 aliphatic heterocycles. The van der Waals surface area contributed by atoms with Crippen LogP contribution in [-0.4, -0.2) is 116 Å². The van der Waals surface area contributed by atoms with Gasteiger partial charge in [-0.1, -0.05) is 257 Å². The maximum atomic E-state index is 13.2. The fourth-order valence-electron chi connectivity index (χ4n) is 9.06. The summed E-state index contributed by atoms with van der Waals surface area (Å²) in [5.74, 6) is 1.05. The zero-order valence-electron chi connectivity index (χ0n) is 44.8. The minimum Gasteiger partial charge on any atom is -0.392 e. The molecule has 0 aromatic heterocycles. The summed E-state index contributed by atoms with van der Waals surface area (Å²) in [6.45, 7) is 13.8. The van der Waals surface area contributed by atoms with Gasteiger partial charge in [-0.05, 0) is 38.7 Å². The lowest BCUT2D eigenvalue weighted by Crippen LogP contribution is -2.39. The summed E-state index contributed by atoms with van der Waals surface area (Å²) < 4.78 is 0. The Kier molecular flexibility index (Phi) is 50.1. The maximum Gasteiger partial charge on any atom is 0.215 e. The fraction of sp³-hybridized carbons (Fsp3) is 0.930. The Morgan fingerprint density at radius 1 is 0.388 bits per heavy atom. The van der Waals surface area contributed by atoms with Gasteiger partial charge in [0.1, 0.15) is 0 Å². The minimum atomic E-state index is -0.459. The highest BCUT2D eigenvalue weighted by molar-refractivity contribution is 8.14. The highest BCUT2D eigenvalue weighted by atomic mass is 32.2. The number of aliphatic hydroxyl groups excluding tert-OH is 4. The summed E-state index contributed by atoms with van der Waals surface area (Å²) in [4.78, 5) is 30.6. The van der Waals surface area contributed by atoms with E-state index in [2.05, 4.69) is 37.5 Å². The van der Waals surface area contributed by atoms with Crippen molar-refractivity contribution >= 4 is 33.8 Å². The van der Waals surface area contributed by atoms with Crippen molar-refractivity contribution in [2.24, 2.45) is 0 Å². The van der Waals surface area contributed by atoms with Crippen LogP contribution in [0.5, 0.6) is 0 Å². The van der Waals surface area contributed by atoms with E-state index in [-0.39, 0.29) is 10.2 Å². The van der Waals surface area contributed by atoms with Crippen molar-refractivity contribution in [1.29, 1.82) is 0 Å². The van der Waals surface area contributed by atoms with E-state index in [1.807, 2.05) is 0 Å². The number of carbonyl (C=O) groups is 2. The van der Waals surface area contributed by atoms with E-state index in [0.29, 0.717) is 56.3 Å². The van der Waals surface area contributed by atoms with Crippen molar-refractivity contribution in [3.63, 3.8) is 0 Å². The fourth-order valence-corrected chi connectivity index (χ4v) is 10.7. The van der Waals surface area contributed by atoms with Crippen LogP contribution in [0.2, 0.25) is 0 Å². The van der Waals surface area contributed by atoms with Crippen LogP contribution in [0.15, 0.2) is 11.6 Å². The lowest BCUT2D eigenvalue weighted by atomic mass is 10.0. The summed E-state index contributed by atoms with van der Waals surface area (Å²) in [5, 5.41) is 43.8. The van der Waals surface area contributed by atoms with Gasteiger partial charge in [-0.3, -0.25) is 19.4 Å². The molecule has 0 saturated heterocycles. The van der Waals surface area contributed by atoms with Crippen LogP contribution in [0.25, 0.3) is 0 Å². The Bertz CT molecular complexity index is 1060. The molecule has 0 aliphatic carbocycles. The predicted molar refractivity (Wildman–Crippen MR) is 295 cm³/mol. The Labute approximate surface area is 424 Å². The highest BCUT2D eigenvalue weighted by Gasteiger charge is 2.19. The van der Waals surface area contributed by atoms with Crippen molar-refractivity contribution in [3.05, 3.63) is 11.6 Å². The van der Waals surface area contributed by atoms with E-state index < -0.39 is 24.4 Å². The van der Waals surface area contributed by atoms with Crippen molar-refractivity contribution < 1.29 is 30.0 Å². The number of unbranched alkanes of at least 4 members (excludes halogenated alkanes) is 28. The van der Waals surface area contributed by atoms with Crippen LogP contribution in [0, 0.1) is 0 Å². The molecule has 398 valence electrons. The summed E-state index contributed by atoms with van der Waals surface area (Å²) in [5.41, 5.74) is 0.428. The molecule has 0 amide bonds. The molecule has 0 rings (SSSR count). The number of aliphatic hydroxyl groups is 4. The molecule has 8 nitrogen and oxygen atoms in total. The van der Waals surface area contributed by atoms with Crippen LogP contribution in [0.3, 0.4) is 0 Å². The topological polar surface area (TPSA) is 122 Å². The molecule has 0 fully saturated rings. The largest absolute Gasteiger partial charge is 0.392 e. The summed E-state index contributed by atoms with van der Waals surface area (Å²) in [6.07, 6.45) is 41.9. The third-order valence-corrected chi connectivity index (χ3v) is 15.1. The lowest BCUT2D eigenvalue weighted by Gasteiger charge is -2.27. The number of hydrogen-bond acceptors (Lipinski definition) is 10. The van der Waals surface area contributed by atoms with Gasteiger partial charge in [0.15, 0.2) is 0 Å². The second-order valence-electron chi connectivity index (χ2n) is 20.3. The van der Waals surface area contributed by atoms with Crippen LogP contribution < -0.4 is 0 Å². The standard InChI is InChI=1S/C57H112N2O6S2/c1-6-10-14-18-22-26-30-34-38-52(60)47-58(48-53(61)39-35-31-27-23-19-15-11-7-2)42-44-66-56(64)46-51(5)57(65)67-45-43-59(49-54(62)40-36-32-28-24-20-16-12-8-3)50-55(63)41-37-33-29-25-21-17-13-9-4/h46,52-55,60-63H,6-45,47-50H2,1-5H3/b51-46+. The molecule has 4 atom stereocenters. The van der Waals surface area contributed by atoms with Crippen molar-refractivity contribution in [2.45, 2.75) is 290 Å². The van der Waals surface area contributed by atoms with E-state index >= 15 is 0 Å². The first kappa shape index (κ1) is 66.5. The smallest absolute Gasteiger partial charge is 0.215 e. The maximum absolute atomic E-state index is 13.2. The molecule has 0 bridgehead atoms.